The topological polar surface area (TPSA) is 87.3 Å². The minimum atomic E-state index is -0.748. The second-order valence-electron chi connectivity index (χ2n) is 12.3. The number of carbonyl (C=O) groups is 1. The van der Waals surface area contributed by atoms with Crippen molar-refractivity contribution in [2.75, 3.05) is 26.9 Å². The van der Waals surface area contributed by atoms with Crippen molar-refractivity contribution in [3.05, 3.63) is 83.8 Å². The number of nitrogens with zero attached hydrogens (tertiary/aromatic N) is 6. The molecule has 0 fully saturated rings. The zero-order valence-electron chi connectivity index (χ0n) is 26.9. The molecule has 7 rings (SSSR count). The van der Waals surface area contributed by atoms with Crippen LogP contribution in [0.1, 0.15) is 49.2 Å². The number of methoxy groups -OCH3 is 1. The summed E-state index contributed by atoms with van der Waals surface area (Å²) < 4.78 is 45.9. The molecule has 2 atom stereocenters. The van der Waals surface area contributed by atoms with E-state index in [2.05, 4.69) is 12.6 Å². The van der Waals surface area contributed by atoms with Gasteiger partial charge < -0.3 is 18.9 Å². The van der Waals surface area contributed by atoms with Crippen LogP contribution >= 0.6 is 0 Å². The second kappa shape index (κ2) is 12.0. The van der Waals surface area contributed by atoms with E-state index in [1.807, 2.05) is 54.7 Å². The summed E-state index contributed by atoms with van der Waals surface area (Å²) >= 11 is 0. The quantitative estimate of drug-likeness (QED) is 0.141. The summed E-state index contributed by atoms with van der Waals surface area (Å²) in [7, 11) is 3.51. The minimum absolute atomic E-state index is 0.0739. The third-order valence-corrected chi connectivity index (χ3v) is 9.33. The van der Waals surface area contributed by atoms with Crippen LogP contribution in [0.3, 0.4) is 0 Å². The predicted molar refractivity (Wildman–Crippen MR) is 175 cm³/mol. The maximum Gasteiger partial charge on any atom is 0.246 e. The first-order valence-electron chi connectivity index (χ1n) is 15.8. The van der Waals surface area contributed by atoms with Gasteiger partial charge in [-0.3, -0.25) is 14.5 Å². The van der Waals surface area contributed by atoms with Gasteiger partial charge in [0.25, 0.3) is 0 Å². The van der Waals surface area contributed by atoms with Gasteiger partial charge in [0.05, 0.1) is 52.4 Å². The minimum Gasteiger partial charge on any atom is -0.490 e. The van der Waals surface area contributed by atoms with Gasteiger partial charge in [-0.1, -0.05) is 6.58 Å². The number of aromatic nitrogens is 5. The zero-order chi connectivity index (χ0) is 33.0. The Kier molecular flexibility index (Phi) is 7.87. The molecule has 11 heteroatoms. The number of hydrogen-bond donors (Lipinski definition) is 0. The van der Waals surface area contributed by atoms with Crippen LogP contribution in [-0.2, 0) is 29.4 Å². The Morgan fingerprint density at radius 2 is 1.89 bits per heavy atom. The third-order valence-electron chi connectivity index (χ3n) is 9.33. The molecule has 2 aliphatic rings. The molecule has 0 bridgehead atoms. The Labute approximate surface area is 271 Å². The molecule has 47 heavy (non-hydrogen) atoms. The number of carbonyl (C=O) groups excluding carboxylic acids is 1. The Bertz CT molecular complexity index is 2050. The van der Waals surface area contributed by atoms with Crippen LogP contribution in [0.25, 0.3) is 44.8 Å². The molecular formula is C36H36F2N6O3. The molecule has 242 valence electrons. The van der Waals surface area contributed by atoms with Crippen LogP contribution in [-0.4, -0.2) is 62.0 Å². The van der Waals surface area contributed by atoms with Crippen LogP contribution in [0.4, 0.5) is 8.78 Å². The van der Waals surface area contributed by atoms with Crippen molar-refractivity contribution in [2.45, 2.75) is 45.2 Å². The molecule has 5 aromatic rings. The summed E-state index contributed by atoms with van der Waals surface area (Å²) in [6.07, 6.45) is 7.37. The average molecular weight is 639 g/mol. The molecule has 0 radical (unpaired) electrons. The van der Waals surface area contributed by atoms with E-state index in [1.54, 1.807) is 4.90 Å². The molecule has 0 saturated carbocycles. The van der Waals surface area contributed by atoms with Crippen molar-refractivity contribution in [2.24, 2.45) is 7.05 Å². The van der Waals surface area contributed by atoms with Crippen LogP contribution in [0, 0.1) is 11.6 Å². The van der Waals surface area contributed by atoms with E-state index in [-0.39, 0.29) is 42.5 Å². The maximum absolute atomic E-state index is 16.1. The van der Waals surface area contributed by atoms with Crippen molar-refractivity contribution < 1.29 is 23.0 Å². The van der Waals surface area contributed by atoms with Gasteiger partial charge in [-0.05, 0) is 68.5 Å². The molecule has 0 spiro atoms. The first kappa shape index (κ1) is 30.7. The molecular weight excluding hydrogens is 602 g/mol. The molecule has 1 aliphatic heterocycles. The Hall–Kier alpha value is -4.90. The SMILES string of the molecule is C=CC(=O)N1C[C@H](C)n2nc(-c3nc(-c4cnc5ccn(C)c5c4)c4c(c3-c3c(F)cc(F)cc3OCCOC)CCC4)cc2[C@H]1C. The lowest BCUT2D eigenvalue weighted by Gasteiger charge is -2.36. The Morgan fingerprint density at radius 1 is 1.09 bits per heavy atom. The number of ether oxygens (including phenoxy) is 2. The highest BCUT2D eigenvalue weighted by Gasteiger charge is 2.35. The molecule has 0 unspecified atom stereocenters. The molecule has 1 aliphatic carbocycles. The predicted octanol–water partition coefficient (Wildman–Crippen LogP) is 6.61. The monoisotopic (exact) mass is 638 g/mol. The van der Waals surface area contributed by atoms with E-state index in [4.69, 9.17) is 24.5 Å². The molecule has 1 amide bonds. The summed E-state index contributed by atoms with van der Waals surface area (Å²) in [5.41, 5.74) is 7.85. The van der Waals surface area contributed by atoms with Crippen molar-refractivity contribution in [3.63, 3.8) is 0 Å². The standard InChI is InChI=1S/C36H36F2N6O3/c1-6-32(45)43-19-20(2)44-29(21(43)3)17-28(41-44)36-33(34-26(38)15-23(37)16-31(34)47-13-12-46-5)24-8-7-9-25(24)35(40-36)22-14-30-27(39-18-22)10-11-42(30)4/h6,10-11,14-18,20-21H,1,7-9,12-13,19H2,2-5H3/t20-,21+/m0/s1. The third kappa shape index (κ3) is 5.18. The average Bonchev–Trinajstić information content (AvgIpc) is 3.81. The number of halogens is 2. The van der Waals surface area contributed by atoms with Crippen molar-refractivity contribution >= 4 is 16.9 Å². The number of benzene rings is 1. The van der Waals surface area contributed by atoms with Crippen molar-refractivity contribution in [3.8, 4) is 39.5 Å². The maximum atomic E-state index is 16.1. The lowest BCUT2D eigenvalue weighted by molar-refractivity contribution is -0.129. The highest BCUT2D eigenvalue weighted by molar-refractivity contribution is 5.91. The molecule has 4 aromatic heterocycles. The van der Waals surface area contributed by atoms with Crippen LogP contribution < -0.4 is 4.74 Å². The van der Waals surface area contributed by atoms with Crippen molar-refractivity contribution in [1.29, 1.82) is 0 Å². The lowest BCUT2D eigenvalue weighted by atomic mass is 9.90. The lowest BCUT2D eigenvalue weighted by Crippen LogP contribution is -2.42. The summed E-state index contributed by atoms with van der Waals surface area (Å²) in [5, 5.41) is 5.04. The van der Waals surface area contributed by atoms with Gasteiger partial charge in [0.2, 0.25) is 5.91 Å². The van der Waals surface area contributed by atoms with Crippen molar-refractivity contribution in [1.82, 2.24) is 29.2 Å². The highest BCUT2D eigenvalue weighted by atomic mass is 19.1. The fraction of sp³-hybridized carbons (Fsp3) is 0.333. The largest absolute Gasteiger partial charge is 0.490 e. The molecule has 1 aromatic carbocycles. The van der Waals surface area contributed by atoms with Gasteiger partial charge >= 0.3 is 0 Å². The van der Waals surface area contributed by atoms with E-state index in [0.717, 1.165) is 58.0 Å². The van der Waals surface area contributed by atoms with Crippen LogP contribution in [0.15, 0.2) is 55.4 Å². The summed E-state index contributed by atoms with van der Waals surface area (Å²) in [6.45, 7) is 8.45. The van der Waals surface area contributed by atoms with E-state index < -0.39 is 11.6 Å². The number of rotatable bonds is 8. The number of fused-ring (bicyclic) bond motifs is 3. The van der Waals surface area contributed by atoms with Gasteiger partial charge in [0.1, 0.15) is 29.7 Å². The zero-order valence-corrected chi connectivity index (χ0v) is 26.9. The Morgan fingerprint density at radius 3 is 2.68 bits per heavy atom. The normalized spacial score (nSPS) is 17.2. The van der Waals surface area contributed by atoms with E-state index in [9.17, 15) is 9.18 Å². The molecule has 5 heterocycles. The highest BCUT2D eigenvalue weighted by Crippen LogP contribution is 2.47. The summed E-state index contributed by atoms with van der Waals surface area (Å²) in [6, 6.07) is 7.64. The van der Waals surface area contributed by atoms with Crippen LogP contribution in [0.5, 0.6) is 5.75 Å². The smallest absolute Gasteiger partial charge is 0.246 e. The number of pyridine rings is 2. The van der Waals surface area contributed by atoms with Gasteiger partial charge in [-0.25, -0.2) is 13.8 Å². The Balaban J connectivity index is 1.50. The fourth-order valence-electron chi connectivity index (χ4n) is 7.03. The second-order valence-corrected chi connectivity index (χ2v) is 12.3. The fourth-order valence-corrected chi connectivity index (χ4v) is 7.03. The first-order chi connectivity index (χ1) is 22.7. The summed E-state index contributed by atoms with van der Waals surface area (Å²) in [4.78, 5) is 24.5. The van der Waals surface area contributed by atoms with Gasteiger partial charge in [0, 0.05) is 56.4 Å². The summed E-state index contributed by atoms with van der Waals surface area (Å²) in [5.74, 6) is -1.57. The first-order valence-corrected chi connectivity index (χ1v) is 15.8. The number of hydrogen-bond acceptors (Lipinski definition) is 6. The van der Waals surface area contributed by atoms with Gasteiger partial charge in [0.15, 0.2) is 0 Å². The molecule has 0 N–H and O–H groups in total. The van der Waals surface area contributed by atoms with E-state index >= 15 is 4.39 Å². The van der Waals surface area contributed by atoms with E-state index in [1.165, 1.54) is 19.3 Å². The number of aryl methyl sites for hydroxylation is 1. The molecule has 9 nitrogen and oxygen atoms in total. The van der Waals surface area contributed by atoms with E-state index in [0.29, 0.717) is 29.9 Å². The number of amides is 1. The van der Waals surface area contributed by atoms with Gasteiger partial charge in [-0.2, -0.15) is 5.10 Å². The van der Waals surface area contributed by atoms with Crippen LogP contribution in [0.2, 0.25) is 0 Å². The van der Waals surface area contributed by atoms with Gasteiger partial charge in [-0.15, -0.1) is 0 Å². The molecule has 0 saturated heterocycles.